The van der Waals surface area contributed by atoms with Gasteiger partial charge in [-0.1, -0.05) is 94.0 Å². The molecule has 71 heavy (non-hydrogen) atoms. The molecule has 2 aromatic heterocycles. The van der Waals surface area contributed by atoms with Crippen molar-refractivity contribution in [2.24, 2.45) is 5.41 Å². The fraction of sp³-hybridized carbons (Fsp3) is 0.610. The highest BCUT2D eigenvalue weighted by Crippen LogP contribution is 2.61. The van der Waals surface area contributed by atoms with Crippen molar-refractivity contribution >= 4 is 69.1 Å². The van der Waals surface area contributed by atoms with Crippen LogP contribution in [0.2, 0.25) is 0 Å². The Bertz CT molecular complexity index is 2280. The average Bonchev–Trinajstić information content (AvgIpc) is 3.86. The van der Waals surface area contributed by atoms with Gasteiger partial charge in [0.1, 0.15) is 42.4 Å². The van der Waals surface area contributed by atoms with E-state index in [4.69, 9.17) is 24.8 Å². The van der Waals surface area contributed by atoms with Crippen LogP contribution in [0, 0.1) is 5.41 Å². The Morgan fingerprint density at radius 3 is 2.38 bits per heavy atom. The molecular formula is C41H66N7O19P3S. The minimum atomic E-state index is -5.59. The number of fused-ring (bicyclic) bond motifs is 1. The quantitative estimate of drug-likeness (QED) is 0.0117. The number of hydrogen-bond donors (Lipinski definition) is 10. The fourth-order valence-corrected chi connectivity index (χ4v) is 9.94. The summed E-state index contributed by atoms with van der Waals surface area (Å²) in [6.07, 6.45) is 15.7. The van der Waals surface area contributed by atoms with Crippen molar-refractivity contribution in [2.45, 2.75) is 122 Å². The molecule has 30 heteroatoms. The van der Waals surface area contributed by atoms with Crippen LogP contribution < -0.4 is 16.4 Å². The van der Waals surface area contributed by atoms with Crippen LogP contribution in [-0.4, -0.2) is 134 Å². The van der Waals surface area contributed by atoms with Crippen molar-refractivity contribution in [1.82, 2.24) is 30.2 Å². The summed E-state index contributed by atoms with van der Waals surface area (Å²) in [5.41, 5.74) is 4.25. The largest absolute Gasteiger partial charge is 0.481 e. The molecule has 0 aromatic carbocycles. The van der Waals surface area contributed by atoms with E-state index in [1.165, 1.54) is 26.7 Å². The Kier molecular flexibility index (Phi) is 26.6. The molecule has 0 radical (unpaired) electrons. The number of phosphoric acid groups is 3. The van der Waals surface area contributed by atoms with Gasteiger partial charge in [-0.15, -0.1) is 0 Å². The van der Waals surface area contributed by atoms with Crippen molar-refractivity contribution in [3.63, 3.8) is 0 Å². The Morgan fingerprint density at radius 2 is 1.66 bits per heavy atom. The number of nitrogens with one attached hydrogen (secondary N) is 2. The average molecular weight is 1090 g/mol. The number of anilines is 1. The minimum absolute atomic E-state index is 0.0222. The molecular weight excluding hydrogens is 1020 g/mol. The summed E-state index contributed by atoms with van der Waals surface area (Å²) in [6, 6.07) is 0. The summed E-state index contributed by atoms with van der Waals surface area (Å²) in [5, 5.41) is 35.6. The molecule has 3 rings (SSSR count). The van der Waals surface area contributed by atoms with Crippen molar-refractivity contribution < 1.29 is 90.6 Å². The SMILES string of the molecule is CCCCC/C=C/CC(/C=C/C=C/C/C=C/CCCC(=O)SCCNC(=O)CCNC(=O)C(O)C(C)(C)COP(=O)(O)OP(=O)(O)OCC1OC(n2cnc3c(N)ncnc32)C(O)C1OP(=O)(O)O)OO. The van der Waals surface area contributed by atoms with E-state index in [9.17, 15) is 57.9 Å². The summed E-state index contributed by atoms with van der Waals surface area (Å²) >= 11 is 1.09. The number of rotatable bonds is 34. The number of carbonyl (C=O) groups excluding carboxylic acids is 3. The zero-order valence-corrected chi connectivity index (χ0v) is 43.0. The number of thioether (sulfide) groups is 1. The lowest BCUT2D eigenvalue weighted by molar-refractivity contribution is -0.264. The van der Waals surface area contributed by atoms with Gasteiger partial charge in [0, 0.05) is 37.1 Å². The molecule has 2 amide bonds. The standard InChI is InChI=1S/C41H66N7O19P3S/c1-4-5-6-7-12-15-18-29(65-54)19-16-13-10-8-9-11-14-17-20-32(50)71-24-23-43-31(49)21-22-44-39(53)36(52)41(2,3)26-63-70(60,61)67-69(58,59)62-25-30-35(66-68(55,56)57)34(51)40(64-30)48-28-47-33-37(42)45-27-46-38(33)48/h9-13,15-16,19,27-30,34-36,40,51-52,54H,4-8,14,17-18,20-26H2,1-3H3,(H,43,49)(H,44,53)(H,58,59)(H,60,61)(H2,42,45,46)(H2,55,56,57)/b11-9+,13-10+,15-12+,19-16+. The number of hydrogen-bond acceptors (Lipinski definition) is 20. The van der Waals surface area contributed by atoms with E-state index in [2.05, 4.69) is 52.3 Å². The number of phosphoric ester groups is 3. The second-order valence-corrected chi connectivity index (χ2v) is 21.9. The van der Waals surface area contributed by atoms with Crippen LogP contribution in [0.4, 0.5) is 5.82 Å². The van der Waals surface area contributed by atoms with E-state index in [0.717, 1.165) is 48.2 Å². The van der Waals surface area contributed by atoms with Gasteiger partial charge >= 0.3 is 23.5 Å². The number of aromatic nitrogens is 4. The lowest BCUT2D eigenvalue weighted by atomic mass is 9.87. The van der Waals surface area contributed by atoms with Gasteiger partial charge in [-0.2, -0.15) is 4.31 Å². The molecule has 0 aliphatic carbocycles. The van der Waals surface area contributed by atoms with E-state index in [0.29, 0.717) is 31.4 Å². The molecule has 400 valence electrons. The molecule has 1 fully saturated rings. The number of aliphatic hydroxyl groups is 2. The number of allylic oxidation sites excluding steroid dienone is 6. The fourth-order valence-electron chi connectivity index (χ4n) is 6.39. The predicted molar refractivity (Wildman–Crippen MR) is 258 cm³/mol. The Hall–Kier alpha value is -3.56. The van der Waals surface area contributed by atoms with Gasteiger partial charge < -0.3 is 50.9 Å². The first-order chi connectivity index (χ1) is 33.5. The molecule has 8 unspecified atom stereocenters. The number of unbranched alkanes of at least 4 members (excludes halogenated alkanes) is 4. The van der Waals surface area contributed by atoms with Gasteiger partial charge in [-0.3, -0.25) is 37.8 Å². The van der Waals surface area contributed by atoms with E-state index < -0.39 is 90.7 Å². The maximum absolute atomic E-state index is 12.7. The highest BCUT2D eigenvalue weighted by molar-refractivity contribution is 8.13. The van der Waals surface area contributed by atoms with Gasteiger partial charge in [0.25, 0.3) is 0 Å². The third kappa shape index (κ3) is 23.0. The molecule has 0 bridgehead atoms. The van der Waals surface area contributed by atoms with E-state index >= 15 is 0 Å². The Balaban J connectivity index is 1.31. The Morgan fingerprint density at radius 1 is 0.944 bits per heavy atom. The number of ether oxygens (including phenoxy) is 1. The first kappa shape index (κ1) is 61.7. The molecule has 1 aliphatic heterocycles. The van der Waals surface area contributed by atoms with Crippen molar-refractivity contribution in [3.05, 3.63) is 61.3 Å². The molecule has 2 aromatic rings. The highest BCUT2D eigenvalue weighted by Gasteiger charge is 2.50. The third-order valence-electron chi connectivity index (χ3n) is 10.2. The van der Waals surface area contributed by atoms with Gasteiger partial charge in [0.2, 0.25) is 11.8 Å². The van der Waals surface area contributed by atoms with Gasteiger partial charge in [0.05, 0.1) is 19.5 Å². The summed E-state index contributed by atoms with van der Waals surface area (Å²) in [6.45, 7) is 2.60. The number of nitrogens with zero attached hydrogens (tertiary/aromatic N) is 4. The third-order valence-corrected chi connectivity index (χ3v) is 14.2. The van der Waals surface area contributed by atoms with Gasteiger partial charge in [0.15, 0.2) is 22.8 Å². The van der Waals surface area contributed by atoms with Crippen LogP contribution in [0.1, 0.15) is 91.2 Å². The van der Waals surface area contributed by atoms with Crippen molar-refractivity contribution in [3.8, 4) is 0 Å². The number of amides is 2. The van der Waals surface area contributed by atoms with Crippen LogP contribution >= 0.6 is 35.2 Å². The maximum Gasteiger partial charge on any atom is 0.481 e. The Labute approximate surface area is 414 Å². The monoisotopic (exact) mass is 1090 g/mol. The molecule has 8 atom stereocenters. The minimum Gasteiger partial charge on any atom is -0.386 e. The normalized spacial score (nSPS) is 20.5. The zero-order chi connectivity index (χ0) is 52.7. The smallest absolute Gasteiger partial charge is 0.386 e. The van der Waals surface area contributed by atoms with Crippen molar-refractivity contribution in [1.29, 1.82) is 0 Å². The summed E-state index contributed by atoms with van der Waals surface area (Å²) < 4.78 is 62.4. The lowest BCUT2D eigenvalue weighted by Crippen LogP contribution is -2.46. The molecule has 26 nitrogen and oxygen atoms in total. The second-order valence-electron chi connectivity index (χ2n) is 16.5. The number of imidazole rings is 1. The van der Waals surface area contributed by atoms with E-state index in [1.54, 1.807) is 6.08 Å². The summed E-state index contributed by atoms with van der Waals surface area (Å²) in [7, 11) is -16.4. The first-order valence-electron chi connectivity index (χ1n) is 22.5. The highest BCUT2D eigenvalue weighted by atomic mass is 32.2. The number of aliphatic hydroxyl groups excluding tert-OH is 2. The lowest BCUT2D eigenvalue weighted by Gasteiger charge is -2.30. The number of nitrogens with two attached hydrogens (primary N) is 1. The van der Waals surface area contributed by atoms with E-state index in [1.807, 2.05) is 36.5 Å². The summed E-state index contributed by atoms with van der Waals surface area (Å²) in [5.74, 6) is -1.15. The topological polar surface area (TPSA) is 393 Å². The van der Waals surface area contributed by atoms with Crippen LogP contribution in [-0.2, 0) is 55.6 Å². The molecule has 0 saturated carbocycles. The number of carbonyl (C=O) groups is 3. The predicted octanol–water partition coefficient (Wildman–Crippen LogP) is 4.28. The van der Waals surface area contributed by atoms with Crippen LogP contribution in [0.5, 0.6) is 0 Å². The second kappa shape index (κ2) is 30.6. The van der Waals surface area contributed by atoms with Crippen LogP contribution in [0.15, 0.2) is 61.3 Å². The van der Waals surface area contributed by atoms with Crippen LogP contribution in [0.3, 0.4) is 0 Å². The molecule has 11 N–H and O–H groups in total. The van der Waals surface area contributed by atoms with Crippen molar-refractivity contribution in [2.75, 3.05) is 37.8 Å². The molecule has 0 spiro atoms. The summed E-state index contributed by atoms with van der Waals surface area (Å²) in [4.78, 5) is 92.9. The molecule has 1 aliphatic rings. The first-order valence-corrected chi connectivity index (χ1v) is 28.0. The molecule has 1 saturated heterocycles. The van der Waals surface area contributed by atoms with Gasteiger partial charge in [-0.05, 0) is 38.5 Å². The number of nitrogen functional groups attached to an aromatic ring is 1. The van der Waals surface area contributed by atoms with Gasteiger partial charge in [-0.25, -0.2) is 33.5 Å². The maximum atomic E-state index is 12.7. The zero-order valence-electron chi connectivity index (χ0n) is 39.5. The van der Waals surface area contributed by atoms with E-state index in [-0.39, 0.29) is 41.6 Å². The van der Waals surface area contributed by atoms with Crippen LogP contribution in [0.25, 0.3) is 11.2 Å². The molecule has 3 heterocycles.